The quantitative estimate of drug-likeness (QED) is 0.689. The van der Waals surface area contributed by atoms with Crippen molar-refractivity contribution in [3.05, 3.63) is 36.0 Å². The molecule has 3 rings (SSSR count). The Morgan fingerprint density at radius 2 is 2.09 bits per heavy atom. The second-order valence-corrected chi connectivity index (χ2v) is 5.87. The number of ketones is 1. The van der Waals surface area contributed by atoms with Crippen molar-refractivity contribution in [3.63, 3.8) is 0 Å². The Bertz CT molecular complexity index is 780. The van der Waals surface area contributed by atoms with Gasteiger partial charge in [-0.15, -0.1) is 0 Å². The van der Waals surface area contributed by atoms with Gasteiger partial charge in [0.05, 0.1) is 5.92 Å². The third-order valence-electron chi connectivity index (χ3n) is 4.19. The van der Waals surface area contributed by atoms with Gasteiger partial charge in [-0.2, -0.15) is 0 Å². The van der Waals surface area contributed by atoms with Crippen molar-refractivity contribution in [2.45, 2.75) is 19.4 Å². The normalized spacial score (nSPS) is 19.1. The molecule has 6 nitrogen and oxygen atoms in total. The molecule has 0 aliphatic carbocycles. The number of carbonyl (C=O) groups excluding carboxylic acids is 3. The Morgan fingerprint density at radius 3 is 2.78 bits per heavy atom. The molecule has 6 heteroatoms. The Labute approximate surface area is 133 Å². The summed E-state index contributed by atoms with van der Waals surface area (Å²) in [4.78, 5) is 40.7. The number of likely N-dealkylation sites (tertiary alicyclic amines) is 1. The number of nitrogens with one attached hydrogen (secondary N) is 1. The first-order valence-electron chi connectivity index (χ1n) is 7.52. The Kier molecular flexibility index (Phi) is 3.90. The molecule has 2 aromatic rings. The van der Waals surface area contributed by atoms with Crippen molar-refractivity contribution in [2.75, 3.05) is 13.6 Å². The molecule has 0 bridgehead atoms. The number of Topliss-reactive ketones (excluding diaryl/α,β-unsaturated/α-hetero) is 1. The molecule has 1 fully saturated rings. The minimum Gasteiger partial charge on any atom is -0.454 e. The van der Waals surface area contributed by atoms with Crippen LogP contribution in [0.3, 0.4) is 0 Å². The summed E-state index contributed by atoms with van der Waals surface area (Å²) in [5.41, 5.74) is 1.36. The van der Waals surface area contributed by atoms with Crippen LogP contribution in [0.2, 0.25) is 0 Å². The first-order chi connectivity index (χ1) is 11.0. The predicted molar refractivity (Wildman–Crippen MR) is 83.9 cm³/mol. The van der Waals surface area contributed by atoms with E-state index in [4.69, 9.17) is 4.74 Å². The van der Waals surface area contributed by atoms with Gasteiger partial charge in [0.2, 0.25) is 11.7 Å². The van der Waals surface area contributed by atoms with Gasteiger partial charge in [-0.05, 0) is 13.0 Å². The van der Waals surface area contributed by atoms with Crippen LogP contribution in [0.5, 0.6) is 0 Å². The van der Waals surface area contributed by atoms with Crippen LogP contribution in [-0.2, 0) is 14.3 Å². The van der Waals surface area contributed by atoms with E-state index in [-0.39, 0.29) is 18.1 Å². The molecular weight excluding hydrogens is 296 g/mol. The molecule has 2 atom stereocenters. The number of rotatable bonds is 4. The highest BCUT2D eigenvalue weighted by atomic mass is 16.5. The van der Waals surface area contributed by atoms with Crippen molar-refractivity contribution >= 4 is 28.6 Å². The van der Waals surface area contributed by atoms with Gasteiger partial charge < -0.3 is 14.6 Å². The number of H-pyrrole nitrogens is 1. The van der Waals surface area contributed by atoms with Crippen molar-refractivity contribution in [3.8, 4) is 0 Å². The van der Waals surface area contributed by atoms with Crippen molar-refractivity contribution < 1.29 is 19.1 Å². The Hall–Kier alpha value is -2.63. The fraction of sp³-hybridized carbons (Fsp3) is 0.353. The first-order valence-corrected chi connectivity index (χ1v) is 7.52. The number of amides is 1. The maximum absolute atomic E-state index is 12.5. The van der Waals surface area contributed by atoms with Crippen molar-refractivity contribution in [1.29, 1.82) is 0 Å². The number of aromatic nitrogens is 1. The van der Waals surface area contributed by atoms with Crippen LogP contribution in [0.15, 0.2) is 30.5 Å². The fourth-order valence-electron chi connectivity index (χ4n) is 2.84. The summed E-state index contributed by atoms with van der Waals surface area (Å²) in [6, 6.07) is 7.45. The lowest BCUT2D eigenvalue weighted by Crippen LogP contribution is -2.29. The highest BCUT2D eigenvalue weighted by Gasteiger charge is 2.35. The molecule has 1 aliphatic heterocycles. The third-order valence-corrected chi connectivity index (χ3v) is 4.19. The van der Waals surface area contributed by atoms with Crippen LogP contribution in [-0.4, -0.2) is 47.2 Å². The first kappa shape index (κ1) is 15.3. The van der Waals surface area contributed by atoms with E-state index in [1.165, 1.54) is 4.90 Å². The lowest BCUT2D eigenvalue weighted by molar-refractivity contribution is -0.151. The summed E-state index contributed by atoms with van der Waals surface area (Å²) < 4.78 is 5.28. The highest BCUT2D eigenvalue weighted by molar-refractivity contribution is 6.10. The van der Waals surface area contributed by atoms with Crippen LogP contribution < -0.4 is 0 Å². The predicted octanol–water partition coefficient (Wildman–Crippen LogP) is 1.76. The number of nitrogens with zero attached hydrogens (tertiary/aromatic N) is 1. The van der Waals surface area contributed by atoms with Crippen molar-refractivity contribution in [2.24, 2.45) is 5.92 Å². The van der Waals surface area contributed by atoms with E-state index < -0.39 is 18.0 Å². The molecule has 0 spiro atoms. The van der Waals surface area contributed by atoms with E-state index in [1.54, 1.807) is 20.2 Å². The zero-order valence-corrected chi connectivity index (χ0v) is 13.0. The van der Waals surface area contributed by atoms with Gasteiger partial charge in [-0.25, -0.2) is 0 Å². The molecular formula is C17H18N2O4. The van der Waals surface area contributed by atoms with E-state index >= 15 is 0 Å². The van der Waals surface area contributed by atoms with Gasteiger partial charge in [0.1, 0.15) is 0 Å². The van der Waals surface area contributed by atoms with E-state index in [2.05, 4.69) is 4.98 Å². The fourth-order valence-corrected chi connectivity index (χ4v) is 2.84. The van der Waals surface area contributed by atoms with Crippen LogP contribution in [0.4, 0.5) is 0 Å². The lowest BCUT2D eigenvalue weighted by Gasteiger charge is -2.15. The van der Waals surface area contributed by atoms with Crippen LogP contribution in [0, 0.1) is 5.92 Å². The van der Waals surface area contributed by atoms with Crippen LogP contribution >= 0.6 is 0 Å². The van der Waals surface area contributed by atoms with E-state index in [0.717, 1.165) is 10.9 Å². The Morgan fingerprint density at radius 1 is 1.35 bits per heavy atom. The van der Waals surface area contributed by atoms with E-state index in [0.29, 0.717) is 12.1 Å². The SMILES string of the molecule is CC(OC(=O)C1CC(=O)N(C)C1)C(=O)c1c[nH]c2ccccc12. The Balaban J connectivity index is 1.70. The monoisotopic (exact) mass is 314 g/mol. The number of carbonyl (C=O) groups is 3. The molecule has 1 N–H and O–H groups in total. The third kappa shape index (κ3) is 2.84. The topological polar surface area (TPSA) is 79.5 Å². The van der Waals surface area contributed by atoms with Gasteiger partial charge in [-0.1, -0.05) is 18.2 Å². The maximum Gasteiger partial charge on any atom is 0.311 e. The number of fused-ring (bicyclic) bond motifs is 1. The van der Waals surface area contributed by atoms with Crippen LogP contribution in [0.1, 0.15) is 23.7 Å². The molecule has 2 unspecified atom stereocenters. The number of para-hydroxylation sites is 1. The molecule has 120 valence electrons. The average Bonchev–Trinajstić information content (AvgIpc) is 3.10. The summed E-state index contributed by atoms with van der Waals surface area (Å²) in [6.07, 6.45) is 0.885. The van der Waals surface area contributed by atoms with Crippen molar-refractivity contribution in [1.82, 2.24) is 9.88 Å². The second kappa shape index (κ2) is 5.87. The van der Waals surface area contributed by atoms with Gasteiger partial charge >= 0.3 is 5.97 Å². The number of ether oxygens (including phenoxy) is 1. The summed E-state index contributed by atoms with van der Waals surface area (Å²) in [5, 5.41) is 0.802. The van der Waals surface area contributed by atoms with E-state index in [9.17, 15) is 14.4 Å². The molecule has 1 aliphatic rings. The summed E-state index contributed by atoms with van der Waals surface area (Å²) in [6.45, 7) is 1.90. The summed E-state index contributed by atoms with van der Waals surface area (Å²) in [7, 11) is 1.65. The molecule has 23 heavy (non-hydrogen) atoms. The minimum atomic E-state index is -0.886. The number of aromatic amines is 1. The molecule has 1 aromatic carbocycles. The smallest absolute Gasteiger partial charge is 0.311 e. The number of hydrogen-bond acceptors (Lipinski definition) is 4. The summed E-state index contributed by atoms with van der Waals surface area (Å²) >= 11 is 0. The van der Waals surface area contributed by atoms with Gasteiger partial charge in [0.15, 0.2) is 6.10 Å². The average molecular weight is 314 g/mol. The largest absolute Gasteiger partial charge is 0.454 e. The minimum absolute atomic E-state index is 0.0810. The standard InChI is InChI=1S/C17H18N2O4/c1-10(23-17(22)11-7-15(20)19(2)9-11)16(21)13-8-18-14-6-4-3-5-12(13)14/h3-6,8,10-11,18H,7,9H2,1-2H3. The number of hydrogen-bond donors (Lipinski definition) is 1. The molecule has 0 radical (unpaired) electrons. The lowest BCUT2D eigenvalue weighted by atomic mass is 10.1. The van der Waals surface area contributed by atoms with Gasteiger partial charge in [-0.3, -0.25) is 14.4 Å². The molecule has 1 aromatic heterocycles. The zero-order chi connectivity index (χ0) is 16.6. The molecule has 2 heterocycles. The van der Waals surface area contributed by atoms with Crippen LogP contribution in [0.25, 0.3) is 10.9 Å². The molecule has 0 saturated carbocycles. The summed E-state index contributed by atoms with van der Waals surface area (Å²) in [5.74, 6) is -1.33. The van der Waals surface area contributed by atoms with E-state index in [1.807, 2.05) is 24.3 Å². The second-order valence-electron chi connectivity index (χ2n) is 5.87. The van der Waals surface area contributed by atoms with Gasteiger partial charge in [0.25, 0.3) is 0 Å². The highest BCUT2D eigenvalue weighted by Crippen LogP contribution is 2.22. The maximum atomic E-state index is 12.5. The zero-order valence-electron chi connectivity index (χ0n) is 13.0. The van der Waals surface area contributed by atoms with Gasteiger partial charge in [0, 0.05) is 42.7 Å². The number of benzene rings is 1. The number of esters is 1. The molecule has 1 saturated heterocycles. The molecule has 1 amide bonds.